The first-order valence-corrected chi connectivity index (χ1v) is 16.4. The van der Waals surface area contributed by atoms with Crippen LogP contribution in [0.5, 0.6) is 5.75 Å². The number of amides is 4. The minimum Gasteiger partial charge on any atom is -0.496 e. The van der Waals surface area contributed by atoms with Crippen LogP contribution in [0.1, 0.15) is 32.3 Å². The summed E-state index contributed by atoms with van der Waals surface area (Å²) in [6, 6.07) is 6.16. The molecule has 3 rings (SSSR count). The lowest BCUT2D eigenvalue weighted by atomic mass is 10.1. The molecule has 6 N–H and O–H groups in total. The lowest BCUT2D eigenvalue weighted by Crippen LogP contribution is -2.32. The number of benzene rings is 1. The van der Waals surface area contributed by atoms with Gasteiger partial charge in [0.15, 0.2) is 11.5 Å². The molecule has 18 heteroatoms. The molecule has 0 saturated carbocycles. The maximum atomic E-state index is 12.8. The van der Waals surface area contributed by atoms with E-state index in [9.17, 15) is 19.2 Å². The van der Waals surface area contributed by atoms with Crippen LogP contribution in [-0.4, -0.2) is 120 Å². The van der Waals surface area contributed by atoms with Crippen LogP contribution in [0.3, 0.4) is 0 Å². The highest BCUT2D eigenvalue weighted by Crippen LogP contribution is 2.25. The highest BCUT2D eigenvalue weighted by Gasteiger charge is 2.18. The molecule has 2 heterocycles. The third-order valence-corrected chi connectivity index (χ3v) is 7.10. The molecule has 0 fully saturated rings. The smallest absolute Gasteiger partial charge is 0.277 e. The number of aryl methyl sites for hydroxylation is 1. The Morgan fingerprint density at radius 1 is 0.837 bits per heavy atom. The molecule has 0 aliphatic heterocycles. The number of rotatable bonds is 24. The van der Waals surface area contributed by atoms with E-state index in [-0.39, 0.29) is 75.9 Å². The molecule has 17 nitrogen and oxygen atoms in total. The summed E-state index contributed by atoms with van der Waals surface area (Å²) in [6.45, 7) is 4.64. The number of carbonyl (C=O) groups is 4. The van der Waals surface area contributed by atoms with E-state index in [0.29, 0.717) is 55.6 Å². The van der Waals surface area contributed by atoms with Crippen LogP contribution in [0.2, 0.25) is 0 Å². The number of anilines is 1. The minimum atomic E-state index is -0.517. The number of nitrogens with two attached hydrogens (primary N) is 1. The third kappa shape index (κ3) is 14.7. The van der Waals surface area contributed by atoms with Gasteiger partial charge in [-0.05, 0) is 38.1 Å². The Balaban J connectivity index is 1.23. The van der Waals surface area contributed by atoms with Crippen molar-refractivity contribution in [1.29, 1.82) is 0 Å². The maximum Gasteiger partial charge on any atom is 0.277 e. The van der Waals surface area contributed by atoms with Crippen LogP contribution in [0.25, 0.3) is 11.5 Å². The molecule has 3 aromatic rings. The summed E-state index contributed by atoms with van der Waals surface area (Å²) in [5, 5.41) is 17.3. The van der Waals surface area contributed by atoms with Gasteiger partial charge in [0.2, 0.25) is 11.8 Å². The van der Waals surface area contributed by atoms with Gasteiger partial charge in [0, 0.05) is 36.8 Å². The molecule has 1 aromatic carbocycles. The second-order valence-electron chi connectivity index (χ2n) is 10.1. The summed E-state index contributed by atoms with van der Waals surface area (Å²) in [5.41, 5.74) is 6.59. The number of methoxy groups -OCH3 is 1. The summed E-state index contributed by atoms with van der Waals surface area (Å²) in [6.07, 6.45) is 0.712. The van der Waals surface area contributed by atoms with Crippen LogP contribution in [0.4, 0.5) is 5.69 Å². The van der Waals surface area contributed by atoms with E-state index in [1.54, 1.807) is 12.1 Å². The van der Waals surface area contributed by atoms with Crippen LogP contribution in [0, 0.1) is 6.92 Å². The van der Waals surface area contributed by atoms with Crippen molar-refractivity contribution in [3.05, 3.63) is 45.9 Å². The van der Waals surface area contributed by atoms with E-state index < -0.39 is 11.8 Å². The van der Waals surface area contributed by atoms with Crippen molar-refractivity contribution < 1.29 is 47.4 Å². The third-order valence-electron chi connectivity index (χ3n) is 6.33. The fraction of sp³-hybridized carbons (Fsp3) is 0.484. The number of nitrogens with zero attached hydrogens (tertiary/aromatic N) is 2. The number of carbonyl (C=O) groups excluding carboxylic acids is 4. The zero-order chi connectivity index (χ0) is 35.3. The summed E-state index contributed by atoms with van der Waals surface area (Å²) < 4.78 is 31.9. The molecule has 4 amide bonds. The number of thiazole rings is 1. The summed E-state index contributed by atoms with van der Waals surface area (Å²) in [5.74, 6) is -0.753. The Bertz CT molecular complexity index is 1480. The largest absolute Gasteiger partial charge is 0.496 e. The minimum absolute atomic E-state index is 0.0463. The summed E-state index contributed by atoms with van der Waals surface area (Å²) >= 11 is 1.46. The second kappa shape index (κ2) is 22.2. The van der Waals surface area contributed by atoms with E-state index in [0.717, 1.165) is 5.01 Å². The first kappa shape index (κ1) is 39.0. The first-order chi connectivity index (χ1) is 23.8. The standard InChI is InChI=1S/C31H43N7O10S/c1-21-36-25(20-49-21)27-17-24(38-48-27)31(42)37-22-4-5-26(43-2)23(16-22)30(41)35-9-11-45-13-15-47-19-29(40)34-8-10-44-12-14-46-18-28(39)33-7-3-6-32/h4-5,16-17,20H,3,6-15,18-19,32H2,1-2H3,(H,33,39)(H,34,40)(H,35,41)(H,37,42). The Morgan fingerprint density at radius 2 is 1.49 bits per heavy atom. The van der Waals surface area contributed by atoms with Crippen LogP contribution >= 0.6 is 11.3 Å². The number of ether oxygens (including phenoxy) is 5. The van der Waals surface area contributed by atoms with E-state index in [1.165, 1.54) is 30.6 Å². The Labute approximate surface area is 287 Å². The molecular formula is C31H43N7O10S. The van der Waals surface area contributed by atoms with Crippen molar-refractivity contribution in [3.8, 4) is 17.2 Å². The molecule has 268 valence electrons. The topological polar surface area (TPSA) is 227 Å². The lowest BCUT2D eigenvalue weighted by Gasteiger charge is -2.12. The van der Waals surface area contributed by atoms with E-state index >= 15 is 0 Å². The Hall–Kier alpha value is -4.46. The molecule has 0 spiro atoms. The number of hydrogen-bond donors (Lipinski definition) is 5. The number of nitrogens with one attached hydrogen (secondary N) is 4. The van der Waals surface area contributed by atoms with Gasteiger partial charge in [-0.1, -0.05) is 5.16 Å². The predicted molar refractivity (Wildman–Crippen MR) is 179 cm³/mol. The van der Waals surface area contributed by atoms with Crippen molar-refractivity contribution in [2.45, 2.75) is 13.3 Å². The molecule has 0 radical (unpaired) electrons. The van der Waals surface area contributed by atoms with E-state index in [1.807, 2.05) is 12.3 Å². The van der Waals surface area contributed by atoms with Gasteiger partial charge in [0.05, 0.1) is 57.3 Å². The van der Waals surface area contributed by atoms with Gasteiger partial charge in [-0.3, -0.25) is 19.2 Å². The summed E-state index contributed by atoms with van der Waals surface area (Å²) in [7, 11) is 1.44. The fourth-order valence-electron chi connectivity index (χ4n) is 3.93. The van der Waals surface area contributed by atoms with Crippen molar-refractivity contribution in [2.75, 3.05) is 91.5 Å². The van der Waals surface area contributed by atoms with Crippen LogP contribution < -0.4 is 31.7 Å². The molecule has 0 aliphatic rings. The molecule has 2 aromatic heterocycles. The van der Waals surface area contributed by atoms with E-state index in [2.05, 4.69) is 31.4 Å². The SMILES string of the molecule is COc1ccc(NC(=O)c2cc(-c3csc(C)n3)on2)cc1C(=O)NCCOCCOCC(=O)NCCOCCOCC(=O)NCCCN. The van der Waals surface area contributed by atoms with Crippen molar-refractivity contribution in [1.82, 2.24) is 26.1 Å². The van der Waals surface area contributed by atoms with Gasteiger partial charge in [-0.25, -0.2) is 4.98 Å². The number of hydrogen-bond acceptors (Lipinski definition) is 14. The maximum absolute atomic E-state index is 12.8. The molecule has 0 bridgehead atoms. The average Bonchev–Trinajstić information content (AvgIpc) is 3.77. The van der Waals surface area contributed by atoms with Gasteiger partial charge in [-0.15, -0.1) is 11.3 Å². The molecule has 0 aliphatic carbocycles. The zero-order valence-electron chi connectivity index (χ0n) is 27.5. The number of aromatic nitrogens is 2. The lowest BCUT2D eigenvalue weighted by molar-refractivity contribution is -0.127. The van der Waals surface area contributed by atoms with Gasteiger partial charge in [0.25, 0.3) is 11.8 Å². The quantitative estimate of drug-likeness (QED) is 0.0812. The molecule has 49 heavy (non-hydrogen) atoms. The monoisotopic (exact) mass is 705 g/mol. The first-order valence-electron chi connectivity index (χ1n) is 15.5. The zero-order valence-corrected chi connectivity index (χ0v) is 28.4. The highest BCUT2D eigenvalue weighted by molar-refractivity contribution is 7.09. The molecule has 0 saturated heterocycles. The second-order valence-corrected chi connectivity index (χ2v) is 11.2. The highest BCUT2D eigenvalue weighted by atomic mass is 32.1. The average molecular weight is 706 g/mol. The fourth-order valence-corrected chi connectivity index (χ4v) is 4.54. The van der Waals surface area contributed by atoms with Crippen molar-refractivity contribution in [3.63, 3.8) is 0 Å². The van der Waals surface area contributed by atoms with E-state index in [4.69, 9.17) is 33.9 Å². The summed E-state index contributed by atoms with van der Waals surface area (Å²) in [4.78, 5) is 53.3. The Morgan fingerprint density at radius 3 is 2.12 bits per heavy atom. The molecule has 0 unspecified atom stereocenters. The molecular weight excluding hydrogens is 662 g/mol. The van der Waals surface area contributed by atoms with Crippen LogP contribution in [0.15, 0.2) is 34.2 Å². The Kier molecular flexibility index (Phi) is 17.7. The van der Waals surface area contributed by atoms with Gasteiger partial charge in [-0.2, -0.15) is 0 Å². The normalized spacial score (nSPS) is 10.8. The van der Waals surface area contributed by atoms with Crippen LogP contribution in [-0.2, 0) is 28.5 Å². The van der Waals surface area contributed by atoms with Gasteiger partial charge >= 0.3 is 0 Å². The van der Waals surface area contributed by atoms with Gasteiger partial charge in [0.1, 0.15) is 24.7 Å². The van der Waals surface area contributed by atoms with Crippen molar-refractivity contribution in [2.24, 2.45) is 5.73 Å². The predicted octanol–water partition coefficient (Wildman–Crippen LogP) is 0.745. The molecule has 0 atom stereocenters. The van der Waals surface area contributed by atoms with Crippen molar-refractivity contribution >= 4 is 40.7 Å². The van der Waals surface area contributed by atoms with Gasteiger partial charge < -0.3 is 55.2 Å².